The summed E-state index contributed by atoms with van der Waals surface area (Å²) < 4.78 is 27.5. The van der Waals surface area contributed by atoms with E-state index in [1.54, 1.807) is 25.1 Å². The Balaban J connectivity index is 1.40. The lowest BCUT2D eigenvalue weighted by molar-refractivity contribution is -0.895. The summed E-state index contributed by atoms with van der Waals surface area (Å²) in [5.74, 6) is -0.406. The van der Waals surface area contributed by atoms with Crippen LogP contribution in [0.2, 0.25) is 0 Å². The maximum atomic E-state index is 13.0. The molecular formula is C18H25N4O4S+. The molecule has 0 aromatic heterocycles. The van der Waals surface area contributed by atoms with Crippen LogP contribution < -0.4 is 15.5 Å². The zero-order valence-electron chi connectivity index (χ0n) is 15.3. The van der Waals surface area contributed by atoms with Crippen LogP contribution in [0.4, 0.5) is 5.69 Å². The van der Waals surface area contributed by atoms with Gasteiger partial charge in [0.15, 0.2) is 6.54 Å². The number of carbonyl (C=O) groups excluding carboxylic acids is 2. The fraction of sp³-hybridized carbons (Fsp3) is 0.556. The Morgan fingerprint density at radius 3 is 2.67 bits per heavy atom. The Labute approximate surface area is 158 Å². The van der Waals surface area contributed by atoms with Crippen molar-refractivity contribution in [2.24, 2.45) is 0 Å². The van der Waals surface area contributed by atoms with Crippen molar-refractivity contribution in [1.82, 2.24) is 9.62 Å². The normalized spacial score (nSPS) is 23.7. The molecule has 4 rings (SSSR count). The minimum atomic E-state index is -3.61. The van der Waals surface area contributed by atoms with Gasteiger partial charge in [-0.05, 0) is 43.5 Å². The van der Waals surface area contributed by atoms with Crippen molar-refractivity contribution in [3.8, 4) is 0 Å². The molecule has 2 heterocycles. The number of nitrogens with one attached hydrogen (secondary N) is 3. The van der Waals surface area contributed by atoms with E-state index in [2.05, 4.69) is 10.6 Å². The zero-order valence-corrected chi connectivity index (χ0v) is 16.1. The lowest BCUT2D eigenvalue weighted by Gasteiger charge is -2.31. The van der Waals surface area contributed by atoms with Gasteiger partial charge in [-0.2, -0.15) is 4.31 Å². The fourth-order valence-electron chi connectivity index (χ4n) is 3.66. The van der Waals surface area contributed by atoms with E-state index in [0.29, 0.717) is 44.5 Å². The summed E-state index contributed by atoms with van der Waals surface area (Å²) in [4.78, 5) is 25.0. The summed E-state index contributed by atoms with van der Waals surface area (Å²) in [5, 5.41) is 5.73. The van der Waals surface area contributed by atoms with Gasteiger partial charge in [0, 0.05) is 11.7 Å². The Morgan fingerprint density at radius 1 is 1.30 bits per heavy atom. The number of rotatable bonds is 5. The fourth-order valence-corrected chi connectivity index (χ4v) is 5.13. The van der Waals surface area contributed by atoms with Gasteiger partial charge >= 0.3 is 0 Å². The van der Waals surface area contributed by atoms with Crippen molar-refractivity contribution in [3.63, 3.8) is 0 Å². The highest BCUT2D eigenvalue weighted by Crippen LogP contribution is 2.34. The first-order valence-electron chi connectivity index (χ1n) is 9.42. The number of quaternary nitrogens is 1. The molecule has 146 valence electrons. The second-order valence-corrected chi connectivity index (χ2v) is 9.57. The highest BCUT2D eigenvalue weighted by Gasteiger charge is 2.34. The standard InChI is InChI=1S/C18H24N4O4S/c1-12-15-10-14(4-5-16(15)20-18(12)24)27(25,26)22-8-6-21(7-9-22)11-17(23)19-13-2-3-13/h4-5,10,12-13H,2-3,6-9,11H2,1H3,(H,19,23)(H,20,24)/p+1/t12-/m1/s1. The molecule has 3 N–H and O–H groups in total. The van der Waals surface area contributed by atoms with Crippen molar-refractivity contribution in [3.05, 3.63) is 23.8 Å². The first-order valence-corrected chi connectivity index (χ1v) is 10.9. The average molecular weight is 393 g/mol. The van der Waals surface area contributed by atoms with Gasteiger partial charge in [0.25, 0.3) is 5.91 Å². The highest BCUT2D eigenvalue weighted by molar-refractivity contribution is 7.89. The van der Waals surface area contributed by atoms with Gasteiger partial charge in [0.1, 0.15) is 0 Å². The molecular weight excluding hydrogens is 368 g/mol. The number of piperazine rings is 1. The molecule has 9 heteroatoms. The SMILES string of the molecule is C[C@H]1C(=O)Nc2ccc(S(=O)(=O)N3CC[NH+](CC(=O)NC4CC4)CC3)cc21. The third kappa shape index (κ3) is 3.71. The lowest BCUT2D eigenvalue weighted by Crippen LogP contribution is -3.15. The molecule has 1 atom stereocenters. The molecule has 2 fully saturated rings. The monoisotopic (exact) mass is 393 g/mol. The first-order chi connectivity index (χ1) is 12.8. The zero-order chi connectivity index (χ0) is 19.2. The summed E-state index contributed by atoms with van der Waals surface area (Å²) >= 11 is 0. The van der Waals surface area contributed by atoms with Crippen LogP contribution in [-0.4, -0.2) is 63.3 Å². The van der Waals surface area contributed by atoms with E-state index in [1.165, 1.54) is 4.31 Å². The minimum Gasteiger partial charge on any atom is -0.348 e. The third-order valence-corrected chi connectivity index (χ3v) is 7.46. The molecule has 2 amide bonds. The lowest BCUT2D eigenvalue weighted by atomic mass is 10.0. The number of anilines is 1. The van der Waals surface area contributed by atoms with E-state index >= 15 is 0 Å². The number of benzene rings is 1. The van der Waals surface area contributed by atoms with E-state index in [0.717, 1.165) is 23.3 Å². The molecule has 8 nitrogen and oxygen atoms in total. The molecule has 0 bridgehead atoms. The summed E-state index contributed by atoms with van der Waals surface area (Å²) in [7, 11) is -3.61. The Hall–Kier alpha value is -1.97. The molecule has 3 aliphatic rings. The molecule has 0 radical (unpaired) electrons. The summed E-state index contributed by atoms with van der Waals surface area (Å²) in [6.07, 6.45) is 2.13. The van der Waals surface area contributed by atoms with Crippen molar-refractivity contribution < 1.29 is 22.9 Å². The van der Waals surface area contributed by atoms with Crippen molar-refractivity contribution in [2.75, 3.05) is 38.0 Å². The predicted octanol–water partition coefficient (Wildman–Crippen LogP) is -1.09. The number of hydrogen-bond acceptors (Lipinski definition) is 4. The molecule has 1 saturated heterocycles. The van der Waals surface area contributed by atoms with Crippen LogP contribution in [0.3, 0.4) is 0 Å². The number of amides is 2. The highest BCUT2D eigenvalue weighted by atomic mass is 32.2. The van der Waals surface area contributed by atoms with E-state index in [9.17, 15) is 18.0 Å². The van der Waals surface area contributed by atoms with E-state index in [-0.39, 0.29) is 22.6 Å². The van der Waals surface area contributed by atoms with Crippen LogP contribution in [0.15, 0.2) is 23.1 Å². The van der Waals surface area contributed by atoms with Gasteiger partial charge < -0.3 is 15.5 Å². The Bertz CT molecular complexity index is 873. The quantitative estimate of drug-likeness (QED) is 0.592. The smallest absolute Gasteiger partial charge is 0.275 e. The second-order valence-electron chi connectivity index (χ2n) is 7.63. The molecule has 27 heavy (non-hydrogen) atoms. The number of nitrogens with zero attached hydrogens (tertiary/aromatic N) is 1. The maximum absolute atomic E-state index is 13.0. The Morgan fingerprint density at radius 2 is 2.00 bits per heavy atom. The van der Waals surface area contributed by atoms with Crippen molar-refractivity contribution in [2.45, 2.75) is 36.6 Å². The van der Waals surface area contributed by atoms with Gasteiger partial charge in [-0.15, -0.1) is 0 Å². The van der Waals surface area contributed by atoms with Gasteiger partial charge in [0.2, 0.25) is 15.9 Å². The predicted molar refractivity (Wildman–Crippen MR) is 99.0 cm³/mol. The van der Waals surface area contributed by atoms with Crippen LogP contribution >= 0.6 is 0 Å². The van der Waals surface area contributed by atoms with Crippen LogP contribution in [0.25, 0.3) is 0 Å². The maximum Gasteiger partial charge on any atom is 0.275 e. The minimum absolute atomic E-state index is 0.0496. The van der Waals surface area contributed by atoms with Gasteiger partial charge in [-0.25, -0.2) is 8.42 Å². The van der Waals surface area contributed by atoms with Gasteiger partial charge in [0.05, 0.1) is 37.0 Å². The average Bonchev–Trinajstić information content (AvgIpc) is 3.40. The van der Waals surface area contributed by atoms with Crippen LogP contribution in [-0.2, 0) is 19.6 Å². The molecule has 0 spiro atoms. The second kappa shape index (κ2) is 6.88. The molecule has 1 aromatic carbocycles. The number of hydrogen-bond donors (Lipinski definition) is 3. The number of sulfonamides is 1. The topological polar surface area (TPSA) is 100 Å². The third-order valence-electron chi connectivity index (χ3n) is 5.56. The van der Waals surface area contributed by atoms with E-state index < -0.39 is 10.0 Å². The summed E-state index contributed by atoms with van der Waals surface area (Å²) in [6, 6.07) is 5.17. The first kappa shape index (κ1) is 18.4. The van der Waals surface area contributed by atoms with Gasteiger partial charge in [-0.3, -0.25) is 9.59 Å². The molecule has 1 aliphatic carbocycles. The molecule has 0 unspecified atom stereocenters. The largest absolute Gasteiger partial charge is 0.348 e. The van der Waals surface area contributed by atoms with Gasteiger partial charge in [-0.1, -0.05) is 0 Å². The number of carbonyl (C=O) groups is 2. The van der Waals surface area contributed by atoms with E-state index in [4.69, 9.17) is 0 Å². The van der Waals surface area contributed by atoms with E-state index in [1.807, 2.05) is 0 Å². The summed E-state index contributed by atoms with van der Waals surface area (Å²) in [6.45, 7) is 4.16. The molecule has 2 aliphatic heterocycles. The summed E-state index contributed by atoms with van der Waals surface area (Å²) in [5.41, 5.74) is 1.41. The van der Waals surface area contributed by atoms with Crippen molar-refractivity contribution >= 4 is 27.5 Å². The van der Waals surface area contributed by atoms with Crippen molar-refractivity contribution in [1.29, 1.82) is 0 Å². The van der Waals surface area contributed by atoms with Crippen LogP contribution in [0, 0.1) is 0 Å². The molecule has 1 saturated carbocycles. The number of fused-ring (bicyclic) bond motifs is 1. The van der Waals surface area contributed by atoms with Crippen LogP contribution in [0.5, 0.6) is 0 Å². The molecule has 1 aromatic rings. The van der Waals surface area contributed by atoms with Crippen LogP contribution in [0.1, 0.15) is 31.2 Å². The Kier molecular flexibility index (Phi) is 4.69.